The molecule has 1 amide bonds. The van der Waals surface area contributed by atoms with E-state index in [4.69, 9.17) is 4.42 Å². The van der Waals surface area contributed by atoms with E-state index in [9.17, 15) is 9.59 Å². The van der Waals surface area contributed by atoms with Crippen molar-refractivity contribution in [2.45, 2.75) is 13.1 Å². The van der Waals surface area contributed by atoms with Crippen molar-refractivity contribution in [2.75, 3.05) is 0 Å². The molecule has 0 aromatic carbocycles. The van der Waals surface area contributed by atoms with Crippen molar-refractivity contribution in [1.82, 2.24) is 9.47 Å². The minimum Gasteiger partial charge on any atom is -0.467 e. The zero-order valence-corrected chi connectivity index (χ0v) is 13.5. The van der Waals surface area contributed by atoms with Crippen molar-refractivity contribution in [3.63, 3.8) is 0 Å². The second kappa shape index (κ2) is 6.66. The van der Waals surface area contributed by atoms with Gasteiger partial charge in [0.15, 0.2) is 0 Å². The molecule has 0 saturated carbocycles. The molecule has 3 rings (SSSR count). The molecule has 0 aliphatic rings. The van der Waals surface area contributed by atoms with E-state index in [0.717, 1.165) is 4.88 Å². The van der Waals surface area contributed by atoms with Gasteiger partial charge >= 0.3 is 0 Å². The molecule has 3 aromatic heterocycles. The lowest BCUT2D eigenvalue weighted by Crippen LogP contribution is -2.31. The Morgan fingerprint density at radius 2 is 2.13 bits per heavy atom. The van der Waals surface area contributed by atoms with E-state index in [0.29, 0.717) is 24.4 Å². The number of aryl methyl sites for hydroxylation is 1. The molecular weight excluding hydrogens is 312 g/mol. The first-order valence-corrected chi connectivity index (χ1v) is 8.02. The summed E-state index contributed by atoms with van der Waals surface area (Å²) in [6.45, 7) is 0.839. The Morgan fingerprint density at radius 3 is 2.78 bits per heavy atom. The maximum absolute atomic E-state index is 12.8. The number of carbonyl (C=O) groups excluding carboxylic acids is 1. The highest BCUT2D eigenvalue weighted by atomic mass is 32.1. The number of nitrogens with zero attached hydrogens (tertiary/aromatic N) is 2. The molecule has 118 valence electrons. The number of pyridine rings is 1. The van der Waals surface area contributed by atoms with Crippen LogP contribution in [0.25, 0.3) is 0 Å². The third-order valence-electron chi connectivity index (χ3n) is 3.49. The largest absolute Gasteiger partial charge is 0.467 e. The fraction of sp³-hybridized carbons (Fsp3) is 0.176. The second-order valence-corrected chi connectivity index (χ2v) is 6.22. The maximum Gasteiger partial charge on any atom is 0.254 e. The van der Waals surface area contributed by atoms with E-state index in [-0.39, 0.29) is 11.5 Å². The number of rotatable bonds is 5. The third-order valence-corrected chi connectivity index (χ3v) is 4.35. The van der Waals surface area contributed by atoms with Crippen molar-refractivity contribution in [3.8, 4) is 0 Å². The Morgan fingerprint density at radius 1 is 1.26 bits per heavy atom. The molecule has 3 heterocycles. The van der Waals surface area contributed by atoms with Crippen molar-refractivity contribution in [3.05, 3.63) is 80.8 Å². The van der Waals surface area contributed by atoms with Crippen molar-refractivity contribution < 1.29 is 9.21 Å². The van der Waals surface area contributed by atoms with E-state index < -0.39 is 0 Å². The number of hydrogen-bond donors (Lipinski definition) is 0. The number of amides is 1. The van der Waals surface area contributed by atoms with Crippen molar-refractivity contribution in [1.29, 1.82) is 0 Å². The Balaban J connectivity index is 1.87. The number of furan rings is 1. The summed E-state index contributed by atoms with van der Waals surface area (Å²) in [6, 6.07) is 10.6. The van der Waals surface area contributed by atoms with E-state index in [1.165, 1.54) is 10.6 Å². The van der Waals surface area contributed by atoms with Crippen LogP contribution in [0.2, 0.25) is 0 Å². The van der Waals surface area contributed by atoms with Crippen LogP contribution in [0.1, 0.15) is 21.0 Å². The highest BCUT2D eigenvalue weighted by Crippen LogP contribution is 2.17. The van der Waals surface area contributed by atoms with Gasteiger partial charge in [-0.25, -0.2) is 0 Å². The molecule has 0 radical (unpaired) electrons. The fourth-order valence-corrected chi connectivity index (χ4v) is 2.96. The first-order chi connectivity index (χ1) is 11.1. The van der Waals surface area contributed by atoms with E-state index in [2.05, 4.69) is 0 Å². The van der Waals surface area contributed by atoms with E-state index >= 15 is 0 Å². The average Bonchev–Trinajstić information content (AvgIpc) is 3.22. The lowest BCUT2D eigenvalue weighted by Gasteiger charge is -2.21. The van der Waals surface area contributed by atoms with Crippen LogP contribution in [0.4, 0.5) is 0 Å². The lowest BCUT2D eigenvalue weighted by molar-refractivity contribution is 0.0719. The maximum atomic E-state index is 12.8. The van der Waals surface area contributed by atoms with Crippen LogP contribution in [0, 0.1) is 0 Å². The summed E-state index contributed by atoms with van der Waals surface area (Å²) in [5.74, 6) is 0.520. The van der Waals surface area contributed by atoms with Gasteiger partial charge in [-0.1, -0.05) is 6.07 Å². The molecule has 0 spiro atoms. The Bertz CT molecular complexity index is 799. The predicted octanol–water partition coefficient (Wildman–Crippen LogP) is 2.88. The van der Waals surface area contributed by atoms with Gasteiger partial charge in [0.1, 0.15) is 5.76 Å². The highest BCUT2D eigenvalue weighted by Gasteiger charge is 2.18. The monoisotopic (exact) mass is 328 g/mol. The van der Waals surface area contributed by atoms with Gasteiger partial charge < -0.3 is 13.9 Å². The van der Waals surface area contributed by atoms with Crippen LogP contribution in [-0.2, 0) is 20.1 Å². The molecule has 23 heavy (non-hydrogen) atoms. The van der Waals surface area contributed by atoms with Crippen LogP contribution < -0.4 is 5.56 Å². The molecule has 0 aliphatic carbocycles. The molecule has 0 unspecified atom stereocenters. The molecule has 0 aliphatic heterocycles. The highest BCUT2D eigenvalue weighted by molar-refractivity contribution is 7.09. The lowest BCUT2D eigenvalue weighted by atomic mass is 10.2. The molecule has 6 heteroatoms. The first-order valence-electron chi connectivity index (χ1n) is 7.14. The number of hydrogen-bond acceptors (Lipinski definition) is 4. The Labute approximate surface area is 137 Å². The van der Waals surface area contributed by atoms with Gasteiger partial charge in [0.25, 0.3) is 11.5 Å². The average molecular weight is 328 g/mol. The van der Waals surface area contributed by atoms with Gasteiger partial charge in [-0.15, -0.1) is 11.3 Å². The number of thiophene rings is 1. The number of aromatic nitrogens is 1. The summed E-state index contributed by atoms with van der Waals surface area (Å²) in [7, 11) is 1.66. The molecular formula is C17H16N2O3S. The molecule has 0 bridgehead atoms. The standard InChI is InChI=1S/C17H16N2O3S/c1-18-7-6-13(10-16(18)20)17(21)19(11-14-4-2-8-22-14)12-15-5-3-9-23-15/h2-10H,11-12H2,1H3. The van der Waals surface area contributed by atoms with Crippen LogP contribution >= 0.6 is 11.3 Å². The molecule has 0 N–H and O–H groups in total. The molecule has 5 nitrogen and oxygen atoms in total. The third kappa shape index (κ3) is 3.60. The molecule has 0 fully saturated rings. The van der Waals surface area contributed by atoms with Crippen LogP contribution in [0.5, 0.6) is 0 Å². The van der Waals surface area contributed by atoms with Gasteiger partial charge in [-0.05, 0) is 29.6 Å². The van der Waals surface area contributed by atoms with Gasteiger partial charge in [-0.3, -0.25) is 9.59 Å². The van der Waals surface area contributed by atoms with Gasteiger partial charge in [0, 0.05) is 29.8 Å². The summed E-state index contributed by atoms with van der Waals surface area (Å²) in [6.07, 6.45) is 3.19. The molecule has 0 saturated heterocycles. The summed E-state index contributed by atoms with van der Waals surface area (Å²) in [5, 5.41) is 1.98. The SMILES string of the molecule is Cn1ccc(C(=O)N(Cc2ccco2)Cc2cccs2)cc1=O. The second-order valence-electron chi connectivity index (χ2n) is 5.18. The smallest absolute Gasteiger partial charge is 0.254 e. The fourth-order valence-electron chi connectivity index (χ4n) is 2.24. The first kappa shape index (κ1) is 15.3. The normalized spacial score (nSPS) is 10.7. The zero-order chi connectivity index (χ0) is 16.2. The van der Waals surface area contributed by atoms with Gasteiger partial charge in [-0.2, -0.15) is 0 Å². The van der Waals surface area contributed by atoms with Gasteiger partial charge in [0.2, 0.25) is 0 Å². The quantitative estimate of drug-likeness (QED) is 0.724. The van der Waals surface area contributed by atoms with Crippen molar-refractivity contribution in [2.24, 2.45) is 7.05 Å². The zero-order valence-electron chi connectivity index (χ0n) is 12.6. The topological polar surface area (TPSA) is 55.5 Å². The van der Waals surface area contributed by atoms with E-state index in [1.54, 1.807) is 47.9 Å². The van der Waals surface area contributed by atoms with Crippen LogP contribution in [0.15, 0.2) is 63.4 Å². The van der Waals surface area contributed by atoms with Crippen molar-refractivity contribution >= 4 is 17.2 Å². The van der Waals surface area contributed by atoms with E-state index in [1.807, 2.05) is 23.6 Å². The molecule has 0 atom stereocenters. The summed E-state index contributed by atoms with van der Waals surface area (Å²) >= 11 is 1.59. The number of carbonyl (C=O) groups is 1. The summed E-state index contributed by atoms with van der Waals surface area (Å²) < 4.78 is 6.79. The Kier molecular flexibility index (Phi) is 4.43. The summed E-state index contributed by atoms with van der Waals surface area (Å²) in [4.78, 5) is 27.3. The molecule has 3 aromatic rings. The van der Waals surface area contributed by atoms with Crippen LogP contribution in [0.3, 0.4) is 0 Å². The minimum atomic E-state index is -0.204. The van der Waals surface area contributed by atoms with Gasteiger partial charge in [0.05, 0.1) is 19.4 Å². The minimum absolute atomic E-state index is 0.187. The summed E-state index contributed by atoms with van der Waals surface area (Å²) in [5.41, 5.74) is 0.182. The Hall–Kier alpha value is -2.60. The predicted molar refractivity (Wildman–Crippen MR) is 88.3 cm³/mol. The van der Waals surface area contributed by atoms with Crippen LogP contribution in [-0.4, -0.2) is 15.4 Å².